The lowest BCUT2D eigenvalue weighted by molar-refractivity contribution is 0.561. The molecular formula is C14H13F2NO2S. The summed E-state index contributed by atoms with van der Waals surface area (Å²) in [6.45, 7) is 1.95. The summed E-state index contributed by atoms with van der Waals surface area (Å²) in [5.41, 5.74) is 1.77. The number of nitrogens with one attached hydrogen (secondary N) is 1. The first-order chi connectivity index (χ1) is 9.37. The largest absolute Gasteiger partial charge is 0.241 e. The fraction of sp³-hybridized carbons (Fsp3) is 0.143. The van der Waals surface area contributed by atoms with Gasteiger partial charge in [0.05, 0.1) is 4.90 Å². The molecule has 0 saturated heterocycles. The normalized spacial score (nSPS) is 11.6. The van der Waals surface area contributed by atoms with E-state index >= 15 is 0 Å². The summed E-state index contributed by atoms with van der Waals surface area (Å²) >= 11 is 0. The molecule has 0 aromatic heterocycles. The van der Waals surface area contributed by atoms with Gasteiger partial charge in [0, 0.05) is 12.6 Å². The van der Waals surface area contributed by atoms with Crippen molar-refractivity contribution in [2.24, 2.45) is 0 Å². The third-order valence-electron chi connectivity index (χ3n) is 2.70. The molecule has 0 aliphatic heterocycles. The van der Waals surface area contributed by atoms with Crippen LogP contribution in [0.25, 0.3) is 0 Å². The number of halogens is 2. The molecule has 0 fully saturated rings. The number of aryl methyl sites for hydroxylation is 1. The zero-order valence-electron chi connectivity index (χ0n) is 10.7. The van der Waals surface area contributed by atoms with Crippen LogP contribution in [0.15, 0.2) is 47.4 Å². The van der Waals surface area contributed by atoms with Gasteiger partial charge in [-0.1, -0.05) is 29.8 Å². The molecule has 2 aromatic carbocycles. The van der Waals surface area contributed by atoms with Gasteiger partial charge < -0.3 is 0 Å². The Hall–Kier alpha value is -1.79. The predicted octanol–water partition coefficient (Wildman–Crippen LogP) is 2.75. The molecule has 0 unspecified atom stereocenters. The molecule has 0 aliphatic carbocycles. The van der Waals surface area contributed by atoms with Crippen molar-refractivity contribution in [2.45, 2.75) is 18.4 Å². The highest BCUT2D eigenvalue weighted by atomic mass is 32.2. The Bertz CT molecular complexity index is 709. The monoisotopic (exact) mass is 297 g/mol. The van der Waals surface area contributed by atoms with E-state index in [9.17, 15) is 17.2 Å². The molecule has 0 spiro atoms. The van der Waals surface area contributed by atoms with Crippen LogP contribution < -0.4 is 4.72 Å². The topological polar surface area (TPSA) is 46.2 Å². The molecule has 1 N–H and O–H groups in total. The predicted molar refractivity (Wildman–Crippen MR) is 71.6 cm³/mol. The lowest BCUT2D eigenvalue weighted by Gasteiger charge is -2.08. The minimum atomic E-state index is -3.95. The van der Waals surface area contributed by atoms with Gasteiger partial charge in [-0.2, -0.15) is 0 Å². The smallest absolute Gasteiger partial charge is 0.207 e. The SMILES string of the molecule is Cc1cccc(CNS(=O)(=O)c2cc(F)cc(F)c2)c1. The van der Waals surface area contributed by atoms with Gasteiger partial charge in [0.15, 0.2) is 0 Å². The molecular weight excluding hydrogens is 284 g/mol. The Morgan fingerprint density at radius 3 is 2.30 bits per heavy atom. The number of benzene rings is 2. The van der Waals surface area contributed by atoms with Crippen LogP contribution in [0.2, 0.25) is 0 Å². The van der Waals surface area contributed by atoms with Crippen molar-refractivity contribution in [2.75, 3.05) is 0 Å². The first-order valence-corrected chi connectivity index (χ1v) is 7.36. The number of rotatable bonds is 4. The maximum Gasteiger partial charge on any atom is 0.241 e. The summed E-state index contributed by atoms with van der Waals surface area (Å²) in [7, 11) is -3.95. The fourth-order valence-electron chi connectivity index (χ4n) is 1.77. The Balaban J connectivity index is 2.19. The fourth-order valence-corrected chi connectivity index (χ4v) is 2.83. The molecule has 0 bridgehead atoms. The quantitative estimate of drug-likeness (QED) is 0.943. The molecule has 3 nitrogen and oxygen atoms in total. The van der Waals surface area contributed by atoms with Gasteiger partial charge in [0.25, 0.3) is 0 Å². The van der Waals surface area contributed by atoms with Crippen molar-refractivity contribution < 1.29 is 17.2 Å². The summed E-state index contributed by atoms with van der Waals surface area (Å²) in [4.78, 5) is -0.428. The number of hydrogen-bond donors (Lipinski definition) is 1. The zero-order chi connectivity index (χ0) is 14.8. The highest BCUT2D eigenvalue weighted by Crippen LogP contribution is 2.14. The second-order valence-corrected chi connectivity index (χ2v) is 6.19. The van der Waals surface area contributed by atoms with E-state index in [4.69, 9.17) is 0 Å². The first-order valence-electron chi connectivity index (χ1n) is 5.88. The third-order valence-corrected chi connectivity index (χ3v) is 4.08. The van der Waals surface area contributed by atoms with Gasteiger partial charge in [0.1, 0.15) is 11.6 Å². The third kappa shape index (κ3) is 3.61. The summed E-state index contributed by atoms with van der Waals surface area (Å²) < 4.78 is 52.3. The van der Waals surface area contributed by atoms with Gasteiger partial charge in [-0.15, -0.1) is 0 Å². The molecule has 6 heteroatoms. The second kappa shape index (κ2) is 5.68. The molecule has 0 radical (unpaired) electrons. The van der Waals surface area contributed by atoms with Gasteiger partial charge >= 0.3 is 0 Å². The molecule has 0 aliphatic rings. The molecule has 20 heavy (non-hydrogen) atoms. The van der Waals surface area contributed by atoms with Crippen molar-refractivity contribution in [3.8, 4) is 0 Å². The second-order valence-electron chi connectivity index (χ2n) is 4.42. The van der Waals surface area contributed by atoms with Crippen molar-refractivity contribution in [1.82, 2.24) is 4.72 Å². The minimum absolute atomic E-state index is 0.0577. The molecule has 2 rings (SSSR count). The van der Waals surface area contributed by atoms with E-state index < -0.39 is 26.6 Å². The molecule has 0 heterocycles. The molecule has 2 aromatic rings. The van der Waals surface area contributed by atoms with Crippen LogP contribution in [0.5, 0.6) is 0 Å². The summed E-state index contributed by atoms with van der Waals surface area (Å²) in [5.74, 6) is -1.86. The standard InChI is InChI=1S/C14H13F2NO2S/c1-10-3-2-4-11(5-10)9-17-20(18,19)14-7-12(15)6-13(16)8-14/h2-8,17H,9H2,1H3. The van der Waals surface area contributed by atoms with Gasteiger partial charge in [-0.05, 0) is 24.6 Å². The Kier molecular flexibility index (Phi) is 4.15. The van der Waals surface area contributed by atoms with Crippen LogP contribution >= 0.6 is 0 Å². The van der Waals surface area contributed by atoms with E-state index in [1.54, 1.807) is 12.1 Å². The van der Waals surface area contributed by atoms with Crippen molar-refractivity contribution in [3.63, 3.8) is 0 Å². The van der Waals surface area contributed by atoms with Gasteiger partial charge in [0.2, 0.25) is 10.0 Å². The van der Waals surface area contributed by atoms with E-state index in [0.717, 1.165) is 23.3 Å². The molecule has 0 amide bonds. The van der Waals surface area contributed by atoms with Crippen LogP contribution in [-0.4, -0.2) is 8.42 Å². The Morgan fingerprint density at radius 1 is 1.05 bits per heavy atom. The molecule has 106 valence electrons. The van der Waals surface area contributed by atoms with Crippen LogP contribution in [0.4, 0.5) is 8.78 Å². The highest BCUT2D eigenvalue weighted by Gasteiger charge is 2.16. The zero-order valence-corrected chi connectivity index (χ0v) is 11.5. The van der Waals surface area contributed by atoms with Crippen molar-refractivity contribution in [1.29, 1.82) is 0 Å². The Labute approximate surface area is 116 Å². The number of sulfonamides is 1. The van der Waals surface area contributed by atoms with Gasteiger partial charge in [-0.3, -0.25) is 0 Å². The summed E-state index contributed by atoms with van der Waals surface area (Å²) in [6.07, 6.45) is 0. The summed E-state index contributed by atoms with van der Waals surface area (Å²) in [5, 5.41) is 0. The van der Waals surface area contributed by atoms with Gasteiger partial charge in [-0.25, -0.2) is 21.9 Å². The van der Waals surface area contributed by atoms with E-state index in [2.05, 4.69) is 4.72 Å². The number of hydrogen-bond acceptors (Lipinski definition) is 2. The molecule has 0 saturated carbocycles. The average Bonchev–Trinajstić information content (AvgIpc) is 2.35. The van der Waals surface area contributed by atoms with E-state index in [0.29, 0.717) is 6.07 Å². The van der Waals surface area contributed by atoms with E-state index in [1.165, 1.54) is 0 Å². The highest BCUT2D eigenvalue weighted by molar-refractivity contribution is 7.89. The van der Waals surface area contributed by atoms with Crippen LogP contribution in [-0.2, 0) is 16.6 Å². The van der Waals surface area contributed by atoms with E-state index in [-0.39, 0.29) is 6.54 Å². The minimum Gasteiger partial charge on any atom is -0.207 e. The average molecular weight is 297 g/mol. The van der Waals surface area contributed by atoms with E-state index in [1.807, 2.05) is 19.1 Å². The first kappa shape index (κ1) is 14.6. The van der Waals surface area contributed by atoms with Crippen LogP contribution in [0, 0.1) is 18.6 Å². The maximum absolute atomic E-state index is 13.0. The molecule has 0 atom stereocenters. The van der Waals surface area contributed by atoms with Crippen LogP contribution in [0.1, 0.15) is 11.1 Å². The summed E-state index contributed by atoms with van der Waals surface area (Å²) in [6, 6.07) is 9.47. The Morgan fingerprint density at radius 2 is 1.70 bits per heavy atom. The van der Waals surface area contributed by atoms with Crippen molar-refractivity contribution in [3.05, 3.63) is 65.2 Å². The van der Waals surface area contributed by atoms with Crippen molar-refractivity contribution >= 4 is 10.0 Å². The lowest BCUT2D eigenvalue weighted by atomic mass is 10.1. The van der Waals surface area contributed by atoms with Crippen LogP contribution in [0.3, 0.4) is 0 Å². The lowest BCUT2D eigenvalue weighted by Crippen LogP contribution is -2.23. The maximum atomic E-state index is 13.0.